The van der Waals surface area contributed by atoms with Crippen LogP contribution < -0.4 is 5.32 Å². The Morgan fingerprint density at radius 1 is 1.24 bits per heavy atom. The fourth-order valence-electron chi connectivity index (χ4n) is 2.26. The third kappa shape index (κ3) is 3.99. The monoisotopic (exact) mass is 331 g/mol. The van der Waals surface area contributed by atoms with Gasteiger partial charge in [0.1, 0.15) is 0 Å². The minimum Gasteiger partial charge on any atom is -0.309 e. The molecule has 0 aliphatic rings. The molecule has 120 valence electrons. The molecule has 0 fully saturated rings. The van der Waals surface area contributed by atoms with Crippen molar-refractivity contribution in [2.45, 2.75) is 51.8 Å². The number of hydrogen-bond donors (Lipinski definition) is 1. The molecule has 3 nitrogen and oxygen atoms in total. The summed E-state index contributed by atoms with van der Waals surface area (Å²) in [5.74, 6) is 0. The van der Waals surface area contributed by atoms with Crippen LogP contribution in [0.1, 0.15) is 49.9 Å². The molecule has 1 N–H and O–H groups in total. The first-order chi connectivity index (χ1) is 9.52. The Bertz CT molecular complexity index is 609. The van der Waals surface area contributed by atoms with Crippen molar-refractivity contribution in [1.29, 1.82) is 0 Å². The van der Waals surface area contributed by atoms with Crippen molar-refractivity contribution < 1.29 is 8.42 Å². The van der Waals surface area contributed by atoms with Crippen molar-refractivity contribution in [1.82, 2.24) is 5.32 Å². The lowest BCUT2D eigenvalue weighted by molar-refractivity contribution is 0.420. The highest BCUT2D eigenvalue weighted by Crippen LogP contribution is 2.37. The summed E-state index contributed by atoms with van der Waals surface area (Å²) in [7, 11) is -3.24. The second kappa shape index (κ2) is 6.67. The van der Waals surface area contributed by atoms with Crippen molar-refractivity contribution >= 4 is 21.4 Å². The minimum absolute atomic E-state index is 0.334. The molecule has 1 aromatic rings. The Balaban J connectivity index is 3.43. The quantitative estimate of drug-likeness (QED) is 0.862. The molecule has 21 heavy (non-hydrogen) atoms. The predicted molar refractivity (Wildman–Crippen MR) is 90.9 cm³/mol. The van der Waals surface area contributed by atoms with E-state index in [9.17, 15) is 8.42 Å². The molecule has 5 heteroatoms. The van der Waals surface area contributed by atoms with Crippen LogP contribution in [0, 0.1) is 13.8 Å². The van der Waals surface area contributed by atoms with E-state index >= 15 is 0 Å². The highest BCUT2D eigenvalue weighted by molar-refractivity contribution is 7.92. The minimum atomic E-state index is -3.24. The van der Waals surface area contributed by atoms with Gasteiger partial charge >= 0.3 is 0 Å². The zero-order chi connectivity index (χ0) is 16.4. The van der Waals surface area contributed by atoms with E-state index in [4.69, 9.17) is 11.6 Å². The second-order valence-electron chi connectivity index (χ2n) is 6.22. The van der Waals surface area contributed by atoms with Gasteiger partial charge in [0.2, 0.25) is 0 Å². The molecular weight excluding hydrogens is 306 g/mol. The zero-order valence-electron chi connectivity index (χ0n) is 13.7. The molecule has 1 unspecified atom stereocenters. The van der Waals surface area contributed by atoms with Crippen LogP contribution in [0.25, 0.3) is 0 Å². The molecule has 0 amide bonds. The number of nitrogens with one attached hydrogen (secondary N) is 1. The van der Waals surface area contributed by atoms with Gasteiger partial charge in [-0.25, -0.2) is 8.42 Å². The van der Waals surface area contributed by atoms with Crippen molar-refractivity contribution in [2.75, 3.05) is 12.8 Å². The SMILES string of the molecule is CCCNC(c1cc(C)c(C)cc1Cl)C(C)(C)S(C)(=O)=O. The van der Waals surface area contributed by atoms with Crippen LogP contribution in [-0.4, -0.2) is 26.0 Å². The second-order valence-corrected chi connectivity index (χ2v) is 9.22. The van der Waals surface area contributed by atoms with Gasteiger partial charge in [-0.2, -0.15) is 0 Å². The maximum atomic E-state index is 12.2. The summed E-state index contributed by atoms with van der Waals surface area (Å²) in [5, 5.41) is 3.97. The van der Waals surface area contributed by atoms with Gasteiger partial charge in [0, 0.05) is 11.3 Å². The topological polar surface area (TPSA) is 46.2 Å². The standard InChI is InChI=1S/C16H26ClNO2S/c1-7-8-18-15(16(4,5)21(6,19)20)13-9-11(2)12(3)10-14(13)17/h9-10,15,18H,7-8H2,1-6H3. The lowest BCUT2D eigenvalue weighted by Crippen LogP contribution is -2.45. The van der Waals surface area contributed by atoms with Gasteiger partial charge in [-0.05, 0) is 63.4 Å². The summed E-state index contributed by atoms with van der Waals surface area (Å²) in [5.41, 5.74) is 3.07. The van der Waals surface area contributed by atoms with Crippen LogP contribution in [0.2, 0.25) is 5.02 Å². The number of rotatable bonds is 6. The largest absolute Gasteiger partial charge is 0.309 e. The average molecular weight is 332 g/mol. The van der Waals surface area contributed by atoms with Gasteiger partial charge in [-0.1, -0.05) is 24.6 Å². The van der Waals surface area contributed by atoms with Crippen LogP contribution in [0.15, 0.2) is 12.1 Å². The first-order valence-electron chi connectivity index (χ1n) is 7.22. The van der Waals surface area contributed by atoms with Gasteiger partial charge in [0.25, 0.3) is 0 Å². The van der Waals surface area contributed by atoms with E-state index in [1.54, 1.807) is 13.8 Å². The smallest absolute Gasteiger partial charge is 0.154 e. The van der Waals surface area contributed by atoms with Crippen LogP contribution in [0.3, 0.4) is 0 Å². The van der Waals surface area contributed by atoms with Crippen molar-refractivity contribution in [3.05, 3.63) is 33.8 Å². The molecule has 0 spiro atoms. The summed E-state index contributed by atoms with van der Waals surface area (Å²) in [6.45, 7) is 10.3. The highest BCUT2D eigenvalue weighted by Gasteiger charge is 2.40. The number of sulfone groups is 1. The van der Waals surface area contributed by atoms with E-state index in [-0.39, 0.29) is 6.04 Å². The summed E-state index contributed by atoms with van der Waals surface area (Å²) in [6.07, 6.45) is 2.21. The summed E-state index contributed by atoms with van der Waals surface area (Å²) >= 11 is 6.40. The van der Waals surface area contributed by atoms with E-state index in [0.29, 0.717) is 5.02 Å². The molecular formula is C16H26ClNO2S. The van der Waals surface area contributed by atoms with Crippen LogP contribution in [0.5, 0.6) is 0 Å². The fourth-order valence-corrected chi connectivity index (χ4v) is 3.22. The maximum absolute atomic E-state index is 12.2. The molecule has 1 aromatic carbocycles. The molecule has 0 saturated heterocycles. The lowest BCUT2D eigenvalue weighted by Gasteiger charge is -2.34. The molecule has 0 bridgehead atoms. The molecule has 1 rings (SSSR count). The number of benzene rings is 1. The Morgan fingerprint density at radius 2 is 1.76 bits per heavy atom. The first kappa shape index (κ1) is 18.5. The highest BCUT2D eigenvalue weighted by atomic mass is 35.5. The summed E-state index contributed by atoms with van der Waals surface area (Å²) in [6, 6.07) is 3.57. The van der Waals surface area contributed by atoms with Gasteiger partial charge in [0.05, 0.1) is 10.8 Å². The van der Waals surface area contributed by atoms with Gasteiger partial charge < -0.3 is 5.32 Å². The molecule has 0 radical (unpaired) electrons. The first-order valence-corrected chi connectivity index (χ1v) is 9.49. The van der Waals surface area contributed by atoms with E-state index in [1.807, 2.05) is 26.0 Å². The van der Waals surface area contributed by atoms with Gasteiger partial charge in [-0.3, -0.25) is 0 Å². The molecule has 0 heterocycles. The Kier molecular flexibility index (Phi) is 5.87. The fraction of sp³-hybridized carbons (Fsp3) is 0.625. The van der Waals surface area contributed by atoms with E-state index in [1.165, 1.54) is 6.26 Å². The van der Waals surface area contributed by atoms with E-state index in [0.717, 1.165) is 29.7 Å². The van der Waals surface area contributed by atoms with Crippen LogP contribution >= 0.6 is 11.6 Å². The zero-order valence-corrected chi connectivity index (χ0v) is 15.3. The molecule has 1 atom stereocenters. The van der Waals surface area contributed by atoms with Crippen LogP contribution in [0.4, 0.5) is 0 Å². The van der Waals surface area contributed by atoms with Crippen molar-refractivity contribution in [3.63, 3.8) is 0 Å². The number of hydrogen-bond acceptors (Lipinski definition) is 3. The molecule has 0 aliphatic heterocycles. The summed E-state index contributed by atoms with van der Waals surface area (Å²) in [4.78, 5) is 0. The van der Waals surface area contributed by atoms with Gasteiger partial charge in [0.15, 0.2) is 9.84 Å². The number of halogens is 1. The molecule has 0 aromatic heterocycles. The van der Waals surface area contributed by atoms with E-state index < -0.39 is 14.6 Å². The normalized spacial score (nSPS) is 14.2. The average Bonchev–Trinajstić information content (AvgIpc) is 2.34. The Hall–Kier alpha value is -0.580. The maximum Gasteiger partial charge on any atom is 0.154 e. The third-order valence-electron chi connectivity index (χ3n) is 4.17. The van der Waals surface area contributed by atoms with Crippen LogP contribution in [-0.2, 0) is 9.84 Å². The molecule has 0 aliphatic carbocycles. The summed E-state index contributed by atoms with van der Waals surface area (Å²) < 4.78 is 23.5. The number of aryl methyl sites for hydroxylation is 2. The predicted octanol–water partition coefficient (Wildman–Crippen LogP) is 3.82. The third-order valence-corrected chi connectivity index (χ3v) is 6.65. The Morgan fingerprint density at radius 3 is 2.24 bits per heavy atom. The Labute approximate surface area is 134 Å². The van der Waals surface area contributed by atoms with Crippen molar-refractivity contribution in [3.8, 4) is 0 Å². The lowest BCUT2D eigenvalue weighted by atomic mass is 9.92. The molecule has 0 saturated carbocycles. The van der Waals surface area contributed by atoms with Gasteiger partial charge in [-0.15, -0.1) is 0 Å². The van der Waals surface area contributed by atoms with E-state index in [2.05, 4.69) is 12.2 Å². The van der Waals surface area contributed by atoms with Crippen molar-refractivity contribution in [2.24, 2.45) is 0 Å².